The molecule has 1 aliphatic rings. The molecule has 5 heteroatoms. The molecule has 3 aromatic rings. The summed E-state index contributed by atoms with van der Waals surface area (Å²) < 4.78 is 5.92. The van der Waals surface area contributed by atoms with E-state index in [4.69, 9.17) is 4.74 Å². The van der Waals surface area contributed by atoms with Crippen LogP contribution >= 0.6 is 11.3 Å². The molecule has 1 N–H and O–H groups in total. The molecule has 2 heterocycles. The summed E-state index contributed by atoms with van der Waals surface area (Å²) in [4.78, 5) is 11.5. The van der Waals surface area contributed by atoms with Gasteiger partial charge in [0.15, 0.2) is 0 Å². The summed E-state index contributed by atoms with van der Waals surface area (Å²) >= 11 is 1.82. The second-order valence-corrected chi connectivity index (χ2v) is 6.97. The van der Waals surface area contributed by atoms with Gasteiger partial charge in [-0.15, -0.1) is 11.3 Å². The lowest BCUT2D eigenvalue weighted by Gasteiger charge is -2.16. The summed E-state index contributed by atoms with van der Waals surface area (Å²) in [6, 6.07) is 9.91. The average Bonchev–Trinajstić information content (AvgIpc) is 3.14. The van der Waals surface area contributed by atoms with Crippen molar-refractivity contribution in [1.82, 2.24) is 9.97 Å². The maximum absolute atomic E-state index is 5.92. The topological polar surface area (TPSA) is 47.0 Å². The zero-order chi connectivity index (χ0) is 15.6. The van der Waals surface area contributed by atoms with Crippen molar-refractivity contribution in [2.24, 2.45) is 0 Å². The number of aryl methyl sites for hydroxylation is 2. The molecule has 1 aromatic carbocycles. The highest BCUT2D eigenvalue weighted by Gasteiger charge is 2.21. The molecule has 0 bridgehead atoms. The lowest BCUT2D eigenvalue weighted by atomic mass is 10.2. The van der Waals surface area contributed by atoms with Gasteiger partial charge in [-0.05, 0) is 43.9 Å². The first-order chi connectivity index (χ1) is 11.3. The molecule has 0 radical (unpaired) electrons. The largest absolute Gasteiger partial charge is 0.489 e. The smallest absolute Gasteiger partial charge is 0.138 e. The molecular weight excluding hydrogens is 306 g/mol. The van der Waals surface area contributed by atoms with Crippen LogP contribution < -0.4 is 10.1 Å². The molecule has 2 aromatic heterocycles. The van der Waals surface area contributed by atoms with E-state index in [1.165, 1.54) is 28.7 Å². The maximum Gasteiger partial charge on any atom is 0.138 e. The number of aromatic nitrogens is 2. The minimum absolute atomic E-state index is 0.0640. The van der Waals surface area contributed by atoms with E-state index in [9.17, 15) is 0 Å². The Morgan fingerprint density at radius 1 is 1.22 bits per heavy atom. The van der Waals surface area contributed by atoms with Gasteiger partial charge in [-0.3, -0.25) is 0 Å². The molecule has 0 saturated carbocycles. The number of fused-ring (bicyclic) bond motifs is 3. The van der Waals surface area contributed by atoms with Crippen LogP contribution in [0, 0.1) is 0 Å². The highest BCUT2D eigenvalue weighted by atomic mass is 32.1. The standard InChI is InChI=1S/C18H19N3OS/c1-12(22-13-6-3-2-4-7-13)10-19-17-16-14-8-5-9-15(14)23-18(16)21-11-20-17/h2-4,6-7,11-12H,5,8-10H2,1H3,(H,19,20,21)/t12-/m0/s1. The van der Waals surface area contributed by atoms with E-state index >= 15 is 0 Å². The van der Waals surface area contributed by atoms with E-state index in [-0.39, 0.29) is 6.10 Å². The van der Waals surface area contributed by atoms with Gasteiger partial charge in [0, 0.05) is 4.88 Å². The SMILES string of the molecule is C[C@@H](CNc1ncnc2sc3c(c12)CCC3)Oc1ccccc1. The summed E-state index contributed by atoms with van der Waals surface area (Å²) in [5.41, 5.74) is 1.45. The third-order valence-electron chi connectivity index (χ3n) is 4.14. The van der Waals surface area contributed by atoms with Gasteiger partial charge in [0.1, 0.15) is 28.8 Å². The van der Waals surface area contributed by atoms with Crippen molar-refractivity contribution in [1.29, 1.82) is 0 Å². The van der Waals surface area contributed by atoms with Gasteiger partial charge in [0.25, 0.3) is 0 Å². The number of nitrogens with zero attached hydrogens (tertiary/aromatic N) is 2. The molecule has 0 aliphatic heterocycles. The number of nitrogens with one attached hydrogen (secondary N) is 1. The molecule has 0 fully saturated rings. The summed E-state index contributed by atoms with van der Waals surface area (Å²) in [5, 5.41) is 4.67. The molecule has 4 rings (SSSR count). The zero-order valence-electron chi connectivity index (χ0n) is 13.1. The third kappa shape index (κ3) is 2.88. The van der Waals surface area contributed by atoms with Crippen LogP contribution in [0.3, 0.4) is 0 Å². The van der Waals surface area contributed by atoms with Crippen molar-refractivity contribution < 1.29 is 4.74 Å². The van der Waals surface area contributed by atoms with Crippen LogP contribution in [0.2, 0.25) is 0 Å². The van der Waals surface area contributed by atoms with Gasteiger partial charge < -0.3 is 10.1 Å². The summed E-state index contributed by atoms with van der Waals surface area (Å²) in [5.74, 6) is 1.84. The van der Waals surface area contributed by atoms with Crippen molar-refractivity contribution in [2.45, 2.75) is 32.3 Å². The van der Waals surface area contributed by atoms with Gasteiger partial charge in [-0.1, -0.05) is 18.2 Å². The fraction of sp³-hybridized carbons (Fsp3) is 0.333. The number of ether oxygens (including phenoxy) is 1. The minimum atomic E-state index is 0.0640. The van der Waals surface area contributed by atoms with Gasteiger partial charge in [0.05, 0.1) is 11.9 Å². The van der Waals surface area contributed by atoms with Crippen LogP contribution in [-0.4, -0.2) is 22.6 Å². The van der Waals surface area contributed by atoms with Crippen molar-refractivity contribution in [3.63, 3.8) is 0 Å². The van der Waals surface area contributed by atoms with Crippen LogP contribution in [0.25, 0.3) is 10.2 Å². The molecule has 1 aliphatic carbocycles. The number of benzene rings is 1. The number of para-hydroxylation sites is 1. The Labute approximate surface area is 139 Å². The lowest BCUT2D eigenvalue weighted by molar-refractivity contribution is 0.234. The van der Waals surface area contributed by atoms with Crippen molar-refractivity contribution in [2.75, 3.05) is 11.9 Å². The summed E-state index contributed by atoms with van der Waals surface area (Å²) in [7, 11) is 0. The van der Waals surface area contributed by atoms with Crippen molar-refractivity contribution >= 4 is 27.4 Å². The van der Waals surface area contributed by atoms with Gasteiger partial charge in [-0.25, -0.2) is 9.97 Å². The quantitative estimate of drug-likeness (QED) is 0.768. The molecule has 0 saturated heterocycles. The molecule has 0 amide bonds. The highest BCUT2D eigenvalue weighted by Crippen LogP contribution is 2.38. The van der Waals surface area contributed by atoms with Crippen LogP contribution in [0.15, 0.2) is 36.7 Å². The van der Waals surface area contributed by atoms with Gasteiger partial charge >= 0.3 is 0 Å². The molecular formula is C18H19N3OS. The first-order valence-corrected chi connectivity index (χ1v) is 8.84. The Hall–Kier alpha value is -2.14. The van der Waals surface area contributed by atoms with Crippen LogP contribution in [0.5, 0.6) is 5.75 Å². The Balaban J connectivity index is 1.50. The number of anilines is 1. The Bertz CT molecular complexity index is 816. The van der Waals surface area contributed by atoms with Crippen molar-refractivity contribution in [3.05, 3.63) is 47.1 Å². The molecule has 1 atom stereocenters. The van der Waals surface area contributed by atoms with Crippen molar-refractivity contribution in [3.8, 4) is 5.75 Å². The summed E-state index contributed by atoms with van der Waals surface area (Å²) in [6.07, 6.45) is 5.29. The fourth-order valence-electron chi connectivity index (χ4n) is 3.08. The second-order valence-electron chi connectivity index (χ2n) is 5.88. The molecule has 23 heavy (non-hydrogen) atoms. The summed E-state index contributed by atoms with van der Waals surface area (Å²) in [6.45, 7) is 2.78. The highest BCUT2D eigenvalue weighted by molar-refractivity contribution is 7.19. The number of hydrogen-bond acceptors (Lipinski definition) is 5. The van der Waals surface area contributed by atoms with E-state index < -0.39 is 0 Å². The van der Waals surface area contributed by atoms with Crippen LogP contribution in [0.4, 0.5) is 5.82 Å². The maximum atomic E-state index is 5.92. The molecule has 4 nitrogen and oxygen atoms in total. The van der Waals surface area contributed by atoms with E-state index in [1.54, 1.807) is 6.33 Å². The Kier molecular flexibility index (Phi) is 3.87. The first kappa shape index (κ1) is 14.5. The van der Waals surface area contributed by atoms with E-state index in [0.29, 0.717) is 6.54 Å². The fourth-order valence-corrected chi connectivity index (χ4v) is 4.30. The first-order valence-electron chi connectivity index (χ1n) is 8.02. The monoisotopic (exact) mass is 325 g/mol. The third-order valence-corrected chi connectivity index (χ3v) is 5.34. The second kappa shape index (κ2) is 6.16. The van der Waals surface area contributed by atoms with Crippen LogP contribution in [-0.2, 0) is 12.8 Å². The normalized spacial score (nSPS) is 14.7. The average molecular weight is 325 g/mol. The van der Waals surface area contributed by atoms with E-state index in [1.807, 2.05) is 41.7 Å². The number of thiophene rings is 1. The van der Waals surface area contributed by atoms with Gasteiger partial charge in [0.2, 0.25) is 0 Å². The minimum Gasteiger partial charge on any atom is -0.489 e. The predicted molar refractivity (Wildman–Crippen MR) is 94.5 cm³/mol. The Morgan fingerprint density at radius 3 is 2.96 bits per heavy atom. The van der Waals surface area contributed by atoms with Gasteiger partial charge in [-0.2, -0.15) is 0 Å². The lowest BCUT2D eigenvalue weighted by Crippen LogP contribution is -2.23. The molecule has 0 spiro atoms. The number of rotatable bonds is 5. The zero-order valence-corrected chi connectivity index (χ0v) is 13.9. The van der Waals surface area contributed by atoms with E-state index in [0.717, 1.165) is 22.8 Å². The number of hydrogen-bond donors (Lipinski definition) is 1. The van der Waals surface area contributed by atoms with E-state index in [2.05, 4.69) is 22.2 Å². The Morgan fingerprint density at radius 2 is 2.09 bits per heavy atom. The molecule has 0 unspecified atom stereocenters. The molecule has 118 valence electrons. The van der Waals surface area contributed by atoms with Crippen LogP contribution in [0.1, 0.15) is 23.8 Å². The predicted octanol–water partition coefficient (Wildman–Crippen LogP) is 4.06.